The van der Waals surface area contributed by atoms with Crippen LogP contribution < -0.4 is 10.1 Å². The van der Waals surface area contributed by atoms with E-state index in [1.54, 1.807) is 6.07 Å². The summed E-state index contributed by atoms with van der Waals surface area (Å²) in [6.45, 7) is 3.10. The molecule has 1 N–H and O–H groups in total. The number of alkyl halides is 1. The van der Waals surface area contributed by atoms with Gasteiger partial charge in [0.05, 0.1) is 13.8 Å². The van der Waals surface area contributed by atoms with Gasteiger partial charge in [0.1, 0.15) is 0 Å². The average molecular weight is 270 g/mol. The lowest BCUT2D eigenvalue weighted by atomic mass is 10.0. The summed E-state index contributed by atoms with van der Waals surface area (Å²) >= 11 is 0. The first-order valence-electron chi connectivity index (χ1n) is 6.60. The Balaban J connectivity index is 2.19. The minimum absolute atomic E-state index is 0.0625. The lowest BCUT2D eigenvalue weighted by Gasteiger charge is -2.35. The highest BCUT2D eigenvalue weighted by Crippen LogP contribution is 2.28. The number of hydrogen-bond acceptors (Lipinski definition) is 3. The third-order valence-corrected chi connectivity index (χ3v) is 3.54. The minimum atomic E-state index is -0.401. The van der Waals surface area contributed by atoms with Gasteiger partial charge >= 0.3 is 0 Å². The highest BCUT2D eigenvalue weighted by atomic mass is 19.1. The third kappa shape index (κ3) is 3.42. The fourth-order valence-corrected chi connectivity index (χ4v) is 2.55. The Hall–Kier alpha value is -1.20. The van der Waals surface area contributed by atoms with E-state index in [-0.39, 0.29) is 17.6 Å². The van der Waals surface area contributed by atoms with E-state index in [0.29, 0.717) is 6.42 Å². The second-order valence-corrected chi connectivity index (χ2v) is 4.67. The van der Waals surface area contributed by atoms with E-state index >= 15 is 0 Å². The summed E-state index contributed by atoms with van der Waals surface area (Å²) in [6.07, 6.45) is 0.395. The molecule has 0 spiro atoms. The molecule has 0 radical (unpaired) electrons. The first-order valence-corrected chi connectivity index (χ1v) is 6.60. The number of nitrogens with zero attached hydrogens (tertiary/aromatic N) is 1. The summed E-state index contributed by atoms with van der Waals surface area (Å²) in [6, 6.07) is 4.83. The Morgan fingerprint density at radius 1 is 1.37 bits per heavy atom. The highest BCUT2D eigenvalue weighted by molar-refractivity contribution is 5.31. The molecule has 1 fully saturated rings. The molecule has 1 aromatic rings. The van der Waals surface area contributed by atoms with Crippen LogP contribution >= 0.6 is 0 Å². The molecular formula is C14H20F2N2O. The zero-order valence-corrected chi connectivity index (χ0v) is 11.2. The fourth-order valence-electron chi connectivity index (χ4n) is 2.55. The van der Waals surface area contributed by atoms with Gasteiger partial charge in [0, 0.05) is 32.2 Å². The Morgan fingerprint density at radius 2 is 2.11 bits per heavy atom. The molecule has 1 heterocycles. The molecule has 0 bridgehead atoms. The molecule has 2 rings (SSSR count). The Labute approximate surface area is 112 Å². The van der Waals surface area contributed by atoms with Gasteiger partial charge in [-0.05, 0) is 24.1 Å². The predicted molar refractivity (Wildman–Crippen MR) is 70.7 cm³/mol. The van der Waals surface area contributed by atoms with Crippen LogP contribution in [0, 0.1) is 5.82 Å². The molecule has 1 atom stereocenters. The summed E-state index contributed by atoms with van der Waals surface area (Å²) in [7, 11) is 1.44. The van der Waals surface area contributed by atoms with Crippen LogP contribution in [0.2, 0.25) is 0 Å². The zero-order chi connectivity index (χ0) is 13.7. The normalized spacial score (nSPS) is 18.3. The lowest BCUT2D eigenvalue weighted by molar-refractivity contribution is 0.157. The second kappa shape index (κ2) is 6.82. The molecular weight excluding hydrogens is 250 g/mol. The van der Waals surface area contributed by atoms with E-state index in [4.69, 9.17) is 4.74 Å². The number of ether oxygens (including phenoxy) is 1. The van der Waals surface area contributed by atoms with Crippen molar-refractivity contribution in [3.05, 3.63) is 29.6 Å². The first-order chi connectivity index (χ1) is 9.26. The van der Waals surface area contributed by atoms with Gasteiger partial charge in [-0.25, -0.2) is 4.39 Å². The van der Waals surface area contributed by atoms with Crippen molar-refractivity contribution >= 4 is 0 Å². The molecule has 1 saturated heterocycles. The highest BCUT2D eigenvalue weighted by Gasteiger charge is 2.22. The van der Waals surface area contributed by atoms with Crippen molar-refractivity contribution in [2.75, 3.05) is 40.0 Å². The van der Waals surface area contributed by atoms with Crippen LogP contribution in [-0.4, -0.2) is 44.9 Å². The van der Waals surface area contributed by atoms with Gasteiger partial charge < -0.3 is 10.1 Å². The molecule has 0 saturated carbocycles. The average Bonchev–Trinajstić information content (AvgIpc) is 2.45. The predicted octanol–water partition coefficient (Wildman–Crippen LogP) is 2.14. The minimum Gasteiger partial charge on any atom is -0.494 e. The summed E-state index contributed by atoms with van der Waals surface area (Å²) in [5.74, 6) is -0.165. The van der Waals surface area contributed by atoms with Crippen LogP contribution in [0.5, 0.6) is 5.75 Å². The number of methoxy groups -OCH3 is 1. The number of piperazine rings is 1. The molecule has 106 valence electrons. The van der Waals surface area contributed by atoms with E-state index in [0.717, 1.165) is 31.7 Å². The van der Waals surface area contributed by atoms with Crippen molar-refractivity contribution in [1.29, 1.82) is 0 Å². The van der Waals surface area contributed by atoms with Crippen molar-refractivity contribution in [1.82, 2.24) is 10.2 Å². The summed E-state index contributed by atoms with van der Waals surface area (Å²) in [5, 5.41) is 3.26. The first kappa shape index (κ1) is 14.2. The molecule has 0 aliphatic carbocycles. The van der Waals surface area contributed by atoms with Gasteiger partial charge in [0.15, 0.2) is 11.6 Å². The standard InChI is InChI=1S/C14H20F2N2O/c1-19-14-3-2-11(10-12(14)16)13(4-5-15)18-8-6-17-7-9-18/h2-3,10,13,17H,4-9H2,1H3/t13-/m1/s1. The van der Waals surface area contributed by atoms with Crippen molar-refractivity contribution < 1.29 is 13.5 Å². The van der Waals surface area contributed by atoms with Gasteiger partial charge in [-0.2, -0.15) is 0 Å². The number of rotatable bonds is 5. The molecule has 0 aromatic heterocycles. The molecule has 5 heteroatoms. The molecule has 0 unspecified atom stereocenters. The molecule has 1 aliphatic heterocycles. The molecule has 1 aromatic carbocycles. The van der Waals surface area contributed by atoms with Crippen LogP contribution in [0.25, 0.3) is 0 Å². The maximum Gasteiger partial charge on any atom is 0.165 e. The molecule has 19 heavy (non-hydrogen) atoms. The fraction of sp³-hybridized carbons (Fsp3) is 0.571. The molecule has 1 aliphatic rings. The maximum absolute atomic E-state index is 13.8. The second-order valence-electron chi connectivity index (χ2n) is 4.67. The van der Waals surface area contributed by atoms with E-state index in [1.165, 1.54) is 13.2 Å². The Bertz CT molecular complexity index is 408. The summed E-state index contributed by atoms with van der Waals surface area (Å²) in [5.41, 5.74) is 0.817. The van der Waals surface area contributed by atoms with Crippen molar-refractivity contribution in [2.24, 2.45) is 0 Å². The largest absolute Gasteiger partial charge is 0.494 e. The number of benzene rings is 1. The molecule has 0 amide bonds. The van der Waals surface area contributed by atoms with Crippen LogP contribution in [0.4, 0.5) is 8.78 Å². The van der Waals surface area contributed by atoms with Crippen molar-refractivity contribution in [2.45, 2.75) is 12.5 Å². The van der Waals surface area contributed by atoms with Gasteiger partial charge in [0.25, 0.3) is 0 Å². The van der Waals surface area contributed by atoms with Gasteiger partial charge in [-0.15, -0.1) is 0 Å². The Morgan fingerprint density at radius 3 is 2.68 bits per heavy atom. The smallest absolute Gasteiger partial charge is 0.165 e. The van der Waals surface area contributed by atoms with Crippen LogP contribution in [0.15, 0.2) is 18.2 Å². The van der Waals surface area contributed by atoms with Crippen LogP contribution in [-0.2, 0) is 0 Å². The zero-order valence-electron chi connectivity index (χ0n) is 11.2. The van der Waals surface area contributed by atoms with Crippen molar-refractivity contribution in [3.8, 4) is 5.75 Å². The third-order valence-electron chi connectivity index (χ3n) is 3.54. The number of halogens is 2. The Kier molecular flexibility index (Phi) is 5.10. The quantitative estimate of drug-likeness (QED) is 0.887. The number of hydrogen-bond donors (Lipinski definition) is 1. The van der Waals surface area contributed by atoms with Gasteiger partial charge in [-0.1, -0.05) is 6.07 Å². The van der Waals surface area contributed by atoms with E-state index in [1.807, 2.05) is 6.07 Å². The van der Waals surface area contributed by atoms with Gasteiger partial charge in [-0.3, -0.25) is 9.29 Å². The van der Waals surface area contributed by atoms with Crippen LogP contribution in [0.1, 0.15) is 18.0 Å². The monoisotopic (exact) mass is 270 g/mol. The SMILES string of the molecule is COc1ccc([C@@H](CCF)N2CCNCC2)cc1F. The lowest BCUT2D eigenvalue weighted by Crippen LogP contribution is -2.45. The van der Waals surface area contributed by atoms with E-state index < -0.39 is 6.67 Å². The molecule has 3 nitrogen and oxygen atoms in total. The maximum atomic E-state index is 13.8. The number of nitrogens with one attached hydrogen (secondary N) is 1. The summed E-state index contributed by atoms with van der Waals surface area (Å²) < 4.78 is 31.5. The topological polar surface area (TPSA) is 24.5 Å². The summed E-state index contributed by atoms with van der Waals surface area (Å²) in [4.78, 5) is 2.21. The van der Waals surface area contributed by atoms with Crippen molar-refractivity contribution in [3.63, 3.8) is 0 Å². The van der Waals surface area contributed by atoms with E-state index in [2.05, 4.69) is 10.2 Å². The van der Waals surface area contributed by atoms with E-state index in [9.17, 15) is 8.78 Å². The van der Waals surface area contributed by atoms with Gasteiger partial charge in [0.2, 0.25) is 0 Å². The van der Waals surface area contributed by atoms with Crippen LogP contribution in [0.3, 0.4) is 0 Å².